The quantitative estimate of drug-likeness (QED) is 0.699. The van der Waals surface area contributed by atoms with E-state index < -0.39 is 5.91 Å². The molecule has 1 aromatic carbocycles. The van der Waals surface area contributed by atoms with Crippen LogP contribution < -0.4 is 21.1 Å². The molecule has 1 aliphatic rings. The summed E-state index contributed by atoms with van der Waals surface area (Å²) in [6, 6.07) is 7.29. The van der Waals surface area contributed by atoms with E-state index in [9.17, 15) is 9.59 Å². The number of nitrogens with two attached hydrogens (primary N) is 1. The highest BCUT2D eigenvalue weighted by Crippen LogP contribution is 2.18. The molecule has 0 bridgehead atoms. The Morgan fingerprint density at radius 1 is 1.19 bits per heavy atom. The molecule has 0 spiro atoms. The van der Waals surface area contributed by atoms with Crippen LogP contribution in [-0.4, -0.2) is 31.0 Å². The number of benzene rings is 1. The number of carbonyl (C=O) groups is 2. The van der Waals surface area contributed by atoms with Crippen LogP contribution in [0.25, 0.3) is 0 Å². The molecule has 0 aromatic heterocycles. The van der Waals surface area contributed by atoms with Gasteiger partial charge in [-0.15, -0.1) is 0 Å². The monoisotopic (exact) mass is 291 g/mol. The van der Waals surface area contributed by atoms with Crippen molar-refractivity contribution in [3.63, 3.8) is 0 Å². The van der Waals surface area contributed by atoms with Gasteiger partial charge in [0, 0.05) is 11.7 Å². The second-order valence-corrected chi connectivity index (χ2v) is 5.19. The van der Waals surface area contributed by atoms with Crippen LogP contribution in [-0.2, 0) is 9.59 Å². The summed E-state index contributed by atoms with van der Waals surface area (Å²) in [4.78, 5) is 22.4. The van der Waals surface area contributed by atoms with Crippen molar-refractivity contribution in [1.82, 2.24) is 5.32 Å². The van der Waals surface area contributed by atoms with E-state index in [0.29, 0.717) is 24.0 Å². The zero-order valence-corrected chi connectivity index (χ0v) is 11.9. The van der Waals surface area contributed by atoms with E-state index in [2.05, 4.69) is 10.6 Å². The highest BCUT2D eigenvalue weighted by atomic mass is 16.5. The zero-order chi connectivity index (χ0) is 15.1. The molecular formula is C15H21N3O3. The topological polar surface area (TPSA) is 93.5 Å². The van der Waals surface area contributed by atoms with Crippen molar-refractivity contribution >= 4 is 17.5 Å². The Balaban J connectivity index is 1.73. The molecule has 21 heavy (non-hydrogen) atoms. The molecule has 0 heterocycles. The van der Waals surface area contributed by atoms with E-state index >= 15 is 0 Å². The van der Waals surface area contributed by atoms with Crippen LogP contribution in [0.3, 0.4) is 0 Å². The minimum Gasteiger partial charge on any atom is -0.484 e. The Morgan fingerprint density at radius 3 is 2.48 bits per heavy atom. The summed E-state index contributed by atoms with van der Waals surface area (Å²) in [6.45, 7) is 0.168. The van der Waals surface area contributed by atoms with Gasteiger partial charge < -0.3 is 21.1 Å². The molecule has 0 saturated heterocycles. The summed E-state index contributed by atoms with van der Waals surface area (Å²) in [5.41, 5.74) is 5.69. The van der Waals surface area contributed by atoms with E-state index in [4.69, 9.17) is 10.5 Å². The smallest absolute Gasteiger partial charge is 0.255 e. The lowest BCUT2D eigenvalue weighted by atomic mass is 10.2. The summed E-state index contributed by atoms with van der Waals surface area (Å²) in [5.74, 6) is -0.0473. The average molecular weight is 291 g/mol. The summed E-state index contributed by atoms with van der Waals surface area (Å²) < 4.78 is 5.14. The first kappa shape index (κ1) is 15.3. The zero-order valence-electron chi connectivity index (χ0n) is 11.9. The third-order valence-electron chi connectivity index (χ3n) is 3.43. The van der Waals surface area contributed by atoms with E-state index in [0.717, 1.165) is 12.8 Å². The molecule has 0 aliphatic heterocycles. The molecule has 4 N–H and O–H groups in total. The van der Waals surface area contributed by atoms with Crippen molar-refractivity contribution in [2.24, 2.45) is 5.73 Å². The van der Waals surface area contributed by atoms with Crippen molar-refractivity contribution in [3.8, 4) is 5.75 Å². The standard InChI is InChI=1S/C15H21N3O3/c16-14(19)10-21-13-7-5-12(6-8-13)18-15(20)9-17-11-3-1-2-4-11/h5-8,11,17H,1-4,9-10H2,(H2,16,19)(H,18,20). The SMILES string of the molecule is NC(=O)COc1ccc(NC(=O)CNC2CCCC2)cc1. The van der Waals surface area contributed by atoms with Crippen LogP contribution in [0, 0.1) is 0 Å². The van der Waals surface area contributed by atoms with E-state index in [1.807, 2.05) is 0 Å². The van der Waals surface area contributed by atoms with Gasteiger partial charge in [0.2, 0.25) is 5.91 Å². The van der Waals surface area contributed by atoms with Gasteiger partial charge in [-0.2, -0.15) is 0 Å². The van der Waals surface area contributed by atoms with Gasteiger partial charge in [-0.1, -0.05) is 12.8 Å². The lowest BCUT2D eigenvalue weighted by Crippen LogP contribution is -2.34. The first-order valence-corrected chi connectivity index (χ1v) is 7.18. The number of rotatable bonds is 7. The molecule has 1 saturated carbocycles. The molecule has 6 nitrogen and oxygen atoms in total. The fraction of sp³-hybridized carbons (Fsp3) is 0.467. The molecule has 1 aliphatic carbocycles. The maximum atomic E-state index is 11.8. The number of hydrogen-bond donors (Lipinski definition) is 3. The van der Waals surface area contributed by atoms with Crippen LogP contribution in [0.2, 0.25) is 0 Å². The molecule has 2 rings (SSSR count). The minimum atomic E-state index is -0.523. The van der Waals surface area contributed by atoms with Crippen LogP contribution >= 0.6 is 0 Å². The third-order valence-corrected chi connectivity index (χ3v) is 3.43. The lowest BCUT2D eigenvalue weighted by Gasteiger charge is -2.12. The van der Waals surface area contributed by atoms with Crippen LogP contribution in [0.1, 0.15) is 25.7 Å². The largest absolute Gasteiger partial charge is 0.484 e. The van der Waals surface area contributed by atoms with Gasteiger partial charge in [-0.3, -0.25) is 9.59 Å². The first-order chi connectivity index (χ1) is 10.1. The normalized spacial score (nSPS) is 14.9. The van der Waals surface area contributed by atoms with Crippen molar-refractivity contribution in [3.05, 3.63) is 24.3 Å². The summed E-state index contributed by atoms with van der Waals surface area (Å²) in [5, 5.41) is 6.07. The Hall–Kier alpha value is -2.08. The minimum absolute atomic E-state index is 0.0623. The maximum absolute atomic E-state index is 11.8. The van der Waals surface area contributed by atoms with Crippen LogP contribution in [0.4, 0.5) is 5.69 Å². The van der Waals surface area contributed by atoms with Crippen molar-refractivity contribution in [2.75, 3.05) is 18.5 Å². The highest BCUT2D eigenvalue weighted by molar-refractivity contribution is 5.92. The van der Waals surface area contributed by atoms with E-state index in [1.54, 1.807) is 24.3 Å². The third kappa shape index (κ3) is 5.43. The fourth-order valence-electron chi connectivity index (χ4n) is 2.36. The fourth-order valence-corrected chi connectivity index (χ4v) is 2.36. The molecule has 6 heteroatoms. The second kappa shape index (κ2) is 7.64. The molecule has 0 unspecified atom stereocenters. The number of amides is 2. The summed E-state index contributed by atoms with van der Waals surface area (Å²) >= 11 is 0. The van der Waals surface area contributed by atoms with Gasteiger partial charge in [-0.05, 0) is 37.1 Å². The first-order valence-electron chi connectivity index (χ1n) is 7.18. The van der Waals surface area contributed by atoms with Crippen molar-refractivity contribution < 1.29 is 14.3 Å². The maximum Gasteiger partial charge on any atom is 0.255 e. The highest BCUT2D eigenvalue weighted by Gasteiger charge is 2.15. The average Bonchev–Trinajstić information content (AvgIpc) is 2.98. The van der Waals surface area contributed by atoms with Gasteiger partial charge in [0.25, 0.3) is 5.91 Å². The van der Waals surface area contributed by atoms with Gasteiger partial charge in [0.05, 0.1) is 6.54 Å². The van der Waals surface area contributed by atoms with Crippen molar-refractivity contribution in [1.29, 1.82) is 0 Å². The molecule has 0 radical (unpaired) electrons. The van der Waals surface area contributed by atoms with Crippen LogP contribution in [0.5, 0.6) is 5.75 Å². The summed E-state index contributed by atoms with van der Waals surface area (Å²) in [6.07, 6.45) is 4.79. The number of nitrogens with one attached hydrogen (secondary N) is 2. The van der Waals surface area contributed by atoms with Gasteiger partial charge >= 0.3 is 0 Å². The molecule has 2 amide bonds. The number of anilines is 1. The Bertz CT molecular complexity index is 481. The van der Waals surface area contributed by atoms with Gasteiger partial charge in [0.15, 0.2) is 6.61 Å². The Labute approximate surface area is 124 Å². The lowest BCUT2D eigenvalue weighted by molar-refractivity contribution is -0.120. The van der Waals surface area contributed by atoms with Gasteiger partial charge in [0.1, 0.15) is 5.75 Å². The van der Waals surface area contributed by atoms with E-state index in [1.165, 1.54) is 12.8 Å². The predicted molar refractivity (Wildman–Crippen MR) is 80.0 cm³/mol. The Morgan fingerprint density at radius 2 is 1.86 bits per heavy atom. The van der Waals surface area contributed by atoms with Crippen LogP contribution in [0.15, 0.2) is 24.3 Å². The van der Waals surface area contributed by atoms with E-state index in [-0.39, 0.29) is 12.5 Å². The number of carbonyl (C=O) groups excluding carboxylic acids is 2. The van der Waals surface area contributed by atoms with Gasteiger partial charge in [-0.25, -0.2) is 0 Å². The molecule has 1 aromatic rings. The van der Waals surface area contributed by atoms with Crippen molar-refractivity contribution in [2.45, 2.75) is 31.7 Å². The molecular weight excluding hydrogens is 270 g/mol. The number of hydrogen-bond acceptors (Lipinski definition) is 4. The molecule has 114 valence electrons. The second-order valence-electron chi connectivity index (χ2n) is 5.19. The molecule has 1 fully saturated rings. The Kier molecular flexibility index (Phi) is 5.57. The molecule has 0 atom stereocenters. The number of primary amides is 1. The number of ether oxygens (including phenoxy) is 1. The summed E-state index contributed by atoms with van der Waals surface area (Å²) in [7, 11) is 0. The predicted octanol–water partition coefficient (Wildman–Crippen LogP) is 1.02.